The average molecular weight is 224 g/mol. The van der Waals surface area contributed by atoms with Crippen LogP contribution in [-0.4, -0.2) is 65.9 Å². The number of aliphatic hydroxyl groups excluding tert-OH is 1. The van der Waals surface area contributed by atoms with Crippen molar-refractivity contribution < 1.29 is 30.6 Å². The van der Waals surface area contributed by atoms with Crippen LogP contribution in [0, 0.1) is 0 Å². The molecule has 1 aliphatic heterocycles. The average Bonchev–Trinajstić information content (AvgIpc) is 2.00. The lowest BCUT2D eigenvalue weighted by Crippen LogP contribution is -2.84. The fourth-order valence-electron chi connectivity index (χ4n) is 1.57. The van der Waals surface area contributed by atoms with Crippen LogP contribution in [-0.2, 0) is 0 Å². The van der Waals surface area contributed by atoms with Crippen molar-refractivity contribution in [2.45, 2.75) is 37.6 Å². The molecule has 7 N–H and O–H groups in total. The summed E-state index contributed by atoms with van der Waals surface area (Å²) in [4.78, 5) is 0.531. The molecule has 1 rings (SSSR count). The Labute approximate surface area is 86.0 Å². The lowest BCUT2D eigenvalue weighted by atomic mass is 10.1. The van der Waals surface area contributed by atoms with Crippen LogP contribution in [0.4, 0.5) is 0 Å². The van der Waals surface area contributed by atoms with E-state index in [4.69, 9.17) is 0 Å². The molecule has 8 heteroatoms. The van der Waals surface area contributed by atoms with Gasteiger partial charge in [-0.15, -0.1) is 0 Å². The summed E-state index contributed by atoms with van der Waals surface area (Å²) < 4.78 is 0. The van der Waals surface area contributed by atoms with Crippen LogP contribution in [0.25, 0.3) is 0 Å². The number of nitrogens with zero attached hydrogens (tertiary/aromatic N) is 1. The number of rotatable bonds is 1. The smallest absolute Gasteiger partial charge is 0.300 e. The fourth-order valence-corrected chi connectivity index (χ4v) is 1.57. The Hall–Kier alpha value is -0.320. The zero-order chi connectivity index (χ0) is 12.1. The highest BCUT2D eigenvalue weighted by Crippen LogP contribution is 2.31. The molecule has 0 amide bonds. The molecule has 0 aromatic rings. The Morgan fingerprint density at radius 1 is 1.20 bits per heavy atom. The van der Waals surface area contributed by atoms with Crippen molar-refractivity contribution in [1.29, 1.82) is 0 Å². The lowest BCUT2D eigenvalue weighted by molar-refractivity contribution is -0.480. The fraction of sp³-hybridized carbons (Fsp3) is 1.00. The second-order valence-corrected chi connectivity index (χ2v) is 3.74. The molecule has 0 saturated carbocycles. The molecular formula is C7H16N2O6. The molecule has 0 aliphatic carbocycles. The van der Waals surface area contributed by atoms with Crippen LogP contribution in [0.5, 0.6) is 0 Å². The molecule has 8 nitrogen and oxygen atoms in total. The minimum absolute atomic E-state index is 0.116. The molecule has 0 radical (unpaired) electrons. The maximum atomic E-state index is 9.57. The Kier molecular flexibility index (Phi) is 2.83. The molecule has 0 spiro atoms. The van der Waals surface area contributed by atoms with E-state index in [0.717, 1.165) is 6.92 Å². The van der Waals surface area contributed by atoms with Crippen molar-refractivity contribution in [3.63, 3.8) is 0 Å². The highest BCUT2D eigenvalue weighted by Gasteiger charge is 2.63. The van der Waals surface area contributed by atoms with Crippen LogP contribution in [0.3, 0.4) is 0 Å². The largest absolute Gasteiger partial charge is 0.374 e. The van der Waals surface area contributed by atoms with E-state index in [2.05, 4.69) is 0 Å². The first kappa shape index (κ1) is 12.7. The Bertz CT molecular complexity index is 254. The summed E-state index contributed by atoms with van der Waals surface area (Å²) in [5.41, 5.74) is -2.09. The third kappa shape index (κ3) is 1.75. The topological polar surface area (TPSA) is 137 Å². The van der Waals surface area contributed by atoms with Crippen molar-refractivity contribution >= 4 is 0 Å². The Balaban J connectivity index is 3.13. The molecule has 15 heavy (non-hydrogen) atoms. The van der Waals surface area contributed by atoms with Gasteiger partial charge in [-0.2, -0.15) is 0 Å². The van der Waals surface area contributed by atoms with Gasteiger partial charge in [-0.3, -0.25) is 0 Å². The number of nitrogens with one attached hydrogen (secondary N) is 1. The quantitative estimate of drug-likeness (QED) is 0.225. The highest BCUT2D eigenvalue weighted by molar-refractivity contribution is 4.96. The molecule has 0 aromatic carbocycles. The predicted octanol–water partition coefficient (Wildman–Crippen LogP) is -3.78. The van der Waals surface area contributed by atoms with Crippen molar-refractivity contribution in [1.82, 2.24) is 10.2 Å². The Morgan fingerprint density at radius 3 is 2.07 bits per heavy atom. The molecule has 1 saturated heterocycles. The van der Waals surface area contributed by atoms with Crippen LogP contribution in [0.1, 0.15) is 13.8 Å². The highest BCUT2D eigenvalue weighted by atomic mass is 16.6. The van der Waals surface area contributed by atoms with E-state index in [1.165, 1.54) is 6.92 Å². The first-order valence-corrected chi connectivity index (χ1v) is 4.42. The number of likely N-dealkylation sites (N-methyl/N-ethyl adjacent to an activating group) is 1. The molecule has 0 bridgehead atoms. The van der Waals surface area contributed by atoms with Gasteiger partial charge in [0.2, 0.25) is 0 Å². The lowest BCUT2D eigenvalue weighted by Gasteiger charge is -2.54. The van der Waals surface area contributed by atoms with Gasteiger partial charge in [0.25, 0.3) is 11.8 Å². The van der Waals surface area contributed by atoms with E-state index in [1.54, 1.807) is 5.32 Å². The minimum Gasteiger partial charge on any atom is -0.374 e. The summed E-state index contributed by atoms with van der Waals surface area (Å²) in [5, 5.41) is 58.2. The molecular weight excluding hydrogens is 208 g/mol. The maximum Gasteiger partial charge on any atom is 0.300 e. The monoisotopic (exact) mass is 224 g/mol. The van der Waals surface area contributed by atoms with E-state index in [1.807, 2.05) is 0 Å². The molecule has 1 aliphatic rings. The van der Waals surface area contributed by atoms with Gasteiger partial charge in [0.05, 0.1) is 0 Å². The summed E-state index contributed by atoms with van der Waals surface area (Å²) in [5.74, 6) is -6.27. The van der Waals surface area contributed by atoms with Gasteiger partial charge >= 0.3 is 0 Å². The molecule has 2 unspecified atom stereocenters. The third-order valence-corrected chi connectivity index (χ3v) is 2.43. The normalized spacial score (nSPS) is 40.4. The first-order chi connectivity index (χ1) is 6.56. The zero-order valence-electron chi connectivity index (χ0n) is 8.41. The SMILES string of the molecule is CCN1C(O)C(C)(O)NC(O)(O)C1(O)O. The van der Waals surface area contributed by atoms with E-state index in [-0.39, 0.29) is 6.54 Å². The zero-order valence-corrected chi connectivity index (χ0v) is 8.41. The third-order valence-electron chi connectivity index (χ3n) is 2.43. The van der Waals surface area contributed by atoms with Crippen molar-refractivity contribution in [2.24, 2.45) is 0 Å². The van der Waals surface area contributed by atoms with E-state index in [0.29, 0.717) is 4.90 Å². The summed E-state index contributed by atoms with van der Waals surface area (Å²) in [6, 6.07) is 0. The first-order valence-electron chi connectivity index (χ1n) is 4.42. The summed E-state index contributed by atoms with van der Waals surface area (Å²) in [6.07, 6.45) is -1.70. The summed E-state index contributed by atoms with van der Waals surface area (Å²) in [7, 11) is 0. The standard InChI is InChI=1S/C7H16N2O6/c1-3-9-4(10)5(2,11)8-6(12,13)7(9,14)15/h4,8,10-15H,3H2,1-2H3. The van der Waals surface area contributed by atoms with Crippen molar-refractivity contribution in [2.75, 3.05) is 6.54 Å². The van der Waals surface area contributed by atoms with Gasteiger partial charge < -0.3 is 30.6 Å². The minimum atomic E-state index is -3.16. The number of hydrogen-bond acceptors (Lipinski definition) is 8. The van der Waals surface area contributed by atoms with Crippen LogP contribution in [0.15, 0.2) is 0 Å². The molecule has 1 fully saturated rings. The van der Waals surface area contributed by atoms with E-state index >= 15 is 0 Å². The van der Waals surface area contributed by atoms with Gasteiger partial charge in [0, 0.05) is 6.54 Å². The van der Waals surface area contributed by atoms with Gasteiger partial charge in [-0.1, -0.05) is 6.92 Å². The maximum absolute atomic E-state index is 9.57. The second kappa shape index (κ2) is 3.34. The van der Waals surface area contributed by atoms with Gasteiger partial charge in [-0.05, 0) is 6.92 Å². The molecule has 1 heterocycles. The van der Waals surface area contributed by atoms with E-state index in [9.17, 15) is 30.6 Å². The number of aliphatic hydroxyl groups is 6. The predicted molar refractivity (Wildman–Crippen MR) is 46.5 cm³/mol. The van der Waals surface area contributed by atoms with Gasteiger partial charge in [-0.25, -0.2) is 10.2 Å². The second-order valence-electron chi connectivity index (χ2n) is 3.74. The van der Waals surface area contributed by atoms with Crippen LogP contribution < -0.4 is 5.32 Å². The van der Waals surface area contributed by atoms with E-state index < -0.39 is 23.8 Å². The Morgan fingerprint density at radius 2 is 1.67 bits per heavy atom. The van der Waals surface area contributed by atoms with Crippen molar-refractivity contribution in [3.05, 3.63) is 0 Å². The molecule has 0 aromatic heterocycles. The summed E-state index contributed by atoms with van der Waals surface area (Å²) >= 11 is 0. The van der Waals surface area contributed by atoms with Crippen LogP contribution in [0.2, 0.25) is 0 Å². The van der Waals surface area contributed by atoms with Crippen molar-refractivity contribution in [3.8, 4) is 0 Å². The molecule has 90 valence electrons. The number of hydrogen-bond donors (Lipinski definition) is 7. The van der Waals surface area contributed by atoms with Crippen LogP contribution >= 0.6 is 0 Å². The van der Waals surface area contributed by atoms with Gasteiger partial charge in [0.1, 0.15) is 0 Å². The number of piperazine rings is 1. The summed E-state index contributed by atoms with van der Waals surface area (Å²) in [6.45, 7) is 2.40. The molecule has 2 atom stereocenters. The van der Waals surface area contributed by atoms with Gasteiger partial charge in [0.15, 0.2) is 12.0 Å².